The van der Waals surface area contributed by atoms with Crippen LogP contribution in [0, 0.1) is 0 Å². The van der Waals surface area contributed by atoms with Gasteiger partial charge in [-0.25, -0.2) is 4.98 Å². The third-order valence-corrected chi connectivity index (χ3v) is 10.1. The van der Waals surface area contributed by atoms with E-state index in [0.29, 0.717) is 25.3 Å². The zero-order valence-corrected chi connectivity index (χ0v) is 26.1. The van der Waals surface area contributed by atoms with E-state index in [2.05, 4.69) is 45.2 Å². The molecule has 0 saturated carbocycles. The summed E-state index contributed by atoms with van der Waals surface area (Å²) in [6.45, 7) is 0.878. The Kier molecular flexibility index (Phi) is 8.22. The minimum Gasteiger partial charge on any atom is -0.383 e. The molecule has 7 nitrogen and oxygen atoms in total. The quantitative estimate of drug-likeness (QED) is 0.148. The molecule has 3 heterocycles. The lowest BCUT2D eigenvalue weighted by Gasteiger charge is -2.36. The summed E-state index contributed by atoms with van der Waals surface area (Å²) in [5.74, 6) is -0.465. The number of hydrogen-bond donors (Lipinski definition) is 4. The van der Waals surface area contributed by atoms with Gasteiger partial charge in [-0.3, -0.25) is 14.9 Å². The maximum atomic E-state index is 14.5. The number of nitrogens with one attached hydrogen (secondary N) is 3. The van der Waals surface area contributed by atoms with Gasteiger partial charge in [0.25, 0.3) is 5.91 Å². The normalized spacial score (nSPS) is 17.8. The van der Waals surface area contributed by atoms with Crippen LogP contribution in [0.1, 0.15) is 46.2 Å². The van der Waals surface area contributed by atoms with Gasteiger partial charge in [0.2, 0.25) is 5.91 Å². The monoisotopic (exact) mass is 625 g/mol. The molecule has 2 aromatic heterocycles. The van der Waals surface area contributed by atoms with Crippen molar-refractivity contribution in [1.29, 1.82) is 0 Å². The first-order valence-electron chi connectivity index (χ1n) is 15.6. The fourth-order valence-corrected chi connectivity index (χ4v) is 7.81. The number of carbonyl (C=O) groups is 2. The van der Waals surface area contributed by atoms with Crippen molar-refractivity contribution in [2.24, 2.45) is 0 Å². The zero-order valence-electron chi connectivity index (χ0n) is 25.3. The fourth-order valence-electron chi connectivity index (χ4n) is 6.81. The van der Waals surface area contributed by atoms with Crippen molar-refractivity contribution < 1.29 is 9.59 Å². The number of benzene rings is 4. The molecule has 0 radical (unpaired) electrons. The number of amides is 2. The molecular formula is C38H35N5O2S. The van der Waals surface area contributed by atoms with Crippen LogP contribution >= 0.6 is 11.3 Å². The standard InChI is InChI=1S/C38H35N5O2S/c39-36-32-22-28(46-34(32)19-20-40-36)24-41-37(45)38(33(18-21-42-38)30-17-9-15-25-14-7-8-16-29(25)30)43-35(44)23-31(26-10-3-1-4-11-26)27-12-5-2-6-13-27/h1-17,19-20,22,31,33,42H,18,21,23-24H2,(H2,39,40)(H,41,45)(H,43,44)/t33?,38-/m0/s1. The van der Waals surface area contributed by atoms with Gasteiger partial charge in [-0.05, 0) is 52.6 Å². The van der Waals surface area contributed by atoms with Crippen LogP contribution in [0.15, 0.2) is 121 Å². The van der Waals surface area contributed by atoms with E-state index in [0.717, 1.165) is 42.4 Å². The Bertz CT molecular complexity index is 1970. The van der Waals surface area contributed by atoms with Crippen LogP contribution in [-0.2, 0) is 16.1 Å². The number of nitrogen functional groups attached to an aromatic ring is 1. The van der Waals surface area contributed by atoms with Gasteiger partial charge in [-0.1, -0.05) is 103 Å². The van der Waals surface area contributed by atoms with Crippen molar-refractivity contribution in [3.63, 3.8) is 0 Å². The Morgan fingerprint density at radius 3 is 2.33 bits per heavy atom. The third kappa shape index (κ3) is 5.73. The number of thiophene rings is 1. The number of pyridine rings is 1. The summed E-state index contributed by atoms with van der Waals surface area (Å²) in [5.41, 5.74) is 7.88. The molecule has 2 amide bonds. The summed E-state index contributed by atoms with van der Waals surface area (Å²) in [5, 5.41) is 12.9. The van der Waals surface area contributed by atoms with Crippen LogP contribution in [0.5, 0.6) is 0 Å². The highest BCUT2D eigenvalue weighted by Gasteiger charge is 2.51. The topological polar surface area (TPSA) is 109 Å². The van der Waals surface area contributed by atoms with Crippen molar-refractivity contribution in [3.8, 4) is 0 Å². The van der Waals surface area contributed by atoms with Crippen LogP contribution in [0.3, 0.4) is 0 Å². The lowest BCUT2D eigenvalue weighted by molar-refractivity contribution is -0.135. The molecule has 230 valence electrons. The largest absolute Gasteiger partial charge is 0.383 e. The molecule has 7 rings (SSSR count). The number of fused-ring (bicyclic) bond motifs is 2. The van der Waals surface area contributed by atoms with Gasteiger partial charge in [0.15, 0.2) is 5.66 Å². The molecule has 1 aliphatic rings. The van der Waals surface area contributed by atoms with Crippen LogP contribution in [0.4, 0.5) is 5.82 Å². The number of nitrogens with zero attached hydrogens (tertiary/aromatic N) is 1. The van der Waals surface area contributed by atoms with E-state index in [1.807, 2.05) is 91.0 Å². The van der Waals surface area contributed by atoms with E-state index in [9.17, 15) is 9.59 Å². The van der Waals surface area contributed by atoms with E-state index in [-0.39, 0.29) is 30.1 Å². The summed E-state index contributed by atoms with van der Waals surface area (Å²) in [7, 11) is 0. The average molecular weight is 626 g/mol. The molecule has 0 spiro atoms. The van der Waals surface area contributed by atoms with Crippen molar-refractivity contribution >= 4 is 49.8 Å². The number of aromatic nitrogens is 1. The molecule has 46 heavy (non-hydrogen) atoms. The molecule has 0 bridgehead atoms. The first-order valence-corrected chi connectivity index (χ1v) is 16.4. The van der Waals surface area contributed by atoms with Gasteiger partial charge < -0.3 is 16.4 Å². The van der Waals surface area contributed by atoms with Crippen molar-refractivity contribution in [2.75, 3.05) is 12.3 Å². The number of nitrogens with two attached hydrogens (primary N) is 1. The van der Waals surface area contributed by atoms with Gasteiger partial charge >= 0.3 is 0 Å². The smallest absolute Gasteiger partial charge is 0.261 e. The summed E-state index contributed by atoms with van der Waals surface area (Å²) in [6, 6.07) is 38.4. The van der Waals surface area contributed by atoms with E-state index in [1.54, 1.807) is 17.5 Å². The van der Waals surface area contributed by atoms with Gasteiger partial charge in [0.05, 0.1) is 6.54 Å². The van der Waals surface area contributed by atoms with Gasteiger partial charge in [-0.2, -0.15) is 0 Å². The molecule has 0 aliphatic carbocycles. The highest BCUT2D eigenvalue weighted by atomic mass is 32.1. The molecule has 8 heteroatoms. The Hall–Kier alpha value is -5.05. The van der Waals surface area contributed by atoms with E-state index in [4.69, 9.17) is 5.73 Å². The molecule has 1 fully saturated rings. The summed E-state index contributed by atoms with van der Waals surface area (Å²) < 4.78 is 1.01. The minimum absolute atomic E-state index is 0.169. The van der Waals surface area contributed by atoms with E-state index >= 15 is 0 Å². The second-order valence-corrected chi connectivity index (χ2v) is 12.9. The van der Waals surface area contributed by atoms with Crippen LogP contribution in [0.25, 0.3) is 20.9 Å². The lowest BCUT2D eigenvalue weighted by atomic mass is 9.82. The van der Waals surface area contributed by atoms with E-state index in [1.165, 1.54) is 0 Å². The Labute approximate surface area is 271 Å². The molecule has 5 N–H and O–H groups in total. The predicted octanol–water partition coefficient (Wildman–Crippen LogP) is 6.46. The Morgan fingerprint density at radius 1 is 0.891 bits per heavy atom. The van der Waals surface area contributed by atoms with Gasteiger partial charge in [-0.15, -0.1) is 11.3 Å². The Morgan fingerprint density at radius 2 is 1.59 bits per heavy atom. The molecule has 4 aromatic carbocycles. The first kappa shape index (κ1) is 29.6. The summed E-state index contributed by atoms with van der Waals surface area (Å²) in [4.78, 5) is 33.8. The lowest BCUT2D eigenvalue weighted by Crippen LogP contribution is -2.67. The maximum Gasteiger partial charge on any atom is 0.261 e. The SMILES string of the molecule is Nc1nccc2sc(CNC(=O)[C@]3(NC(=O)CC(c4ccccc4)c4ccccc4)NCCC3c3cccc4ccccc34)cc12. The van der Waals surface area contributed by atoms with Crippen LogP contribution in [-0.4, -0.2) is 29.0 Å². The maximum absolute atomic E-state index is 14.5. The highest BCUT2D eigenvalue weighted by Crippen LogP contribution is 2.39. The average Bonchev–Trinajstić information content (AvgIpc) is 3.72. The van der Waals surface area contributed by atoms with Crippen molar-refractivity contribution in [3.05, 3.63) is 143 Å². The first-order chi connectivity index (χ1) is 22.5. The van der Waals surface area contributed by atoms with Gasteiger partial charge in [0, 0.05) is 39.4 Å². The van der Waals surface area contributed by atoms with Crippen LogP contribution < -0.4 is 21.7 Å². The second kappa shape index (κ2) is 12.7. The number of carbonyl (C=O) groups excluding carboxylic acids is 2. The molecule has 1 aliphatic heterocycles. The third-order valence-electron chi connectivity index (χ3n) is 9.00. The van der Waals surface area contributed by atoms with Gasteiger partial charge in [0.1, 0.15) is 5.82 Å². The molecule has 2 atom stereocenters. The molecule has 1 unspecified atom stereocenters. The van der Waals surface area contributed by atoms with Crippen molar-refractivity contribution in [1.82, 2.24) is 20.9 Å². The molecular weight excluding hydrogens is 591 g/mol. The number of hydrogen-bond acceptors (Lipinski definition) is 6. The molecule has 1 saturated heterocycles. The zero-order chi connectivity index (χ0) is 31.5. The Balaban J connectivity index is 1.23. The second-order valence-electron chi connectivity index (χ2n) is 11.8. The number of anilines is 1. The van der Waals surface area contributed by atoms with E-state index < -0.39 is 5.66 Å². The summed E-state index contributed by atoms with van der Waals surface area (Å²) >= 11 is 1.57. The summed E-state index contributed by atoms with van der Waals surface area (Å²) in [6.07, 6.45) is 2.57. The highest BCUT2D eigenvalue weighted by molar-refractivity contribution is 7.19. The number of rotatable bonds is 9. The van der Waals surface area contributed by atoms with Crippen molar-refractivity contribution in [2.45, 2.75) is 36.9 Å². The minimum atomic E-state index is -1.35. The van der Waals surface area contributed by atoms with Crippen LogP contribution in [0.2, 0.25) is 0 Å². The predicted molar refractivity (Wildman–Crippen MR) is 185 cm³/mol. The fraction of sp³-hybridized carbons (Fsp3) is 0.184. The molecule has 6 aromatic rings.